The highest BCUT2D eigenvalue weighted by Crippen LogP contribution is 2.33. The molecule has 1 rings (SSSR count). The predicted molar refractivity (Wildman–Crippen MR) is 91.8 cm³/mol. The molecule has 0 radical (unpaired) electrons. The van der Waals surface area contributed by atoms with Gasteiger partial charge in [-0.2, -0.15) is 0 Å². The Morgan fingerprint density at radius 1 is 1.25 bits per heavy atom. The van der Waals surface area contributed by atoms with Crippen LogP contribution in [0.2, 0.25) is 0 Å². The van der Waals surface area contributed by atoms with Gasteiger partial charge in [-0.05, 0) is 40.9 Å². The first-order valence-corrected chi connectivity index (χ1v) is 7.53. The van der Waals surface area contributed by atoms with Crippen molar-refractivity contribution in [3.63, 3.8) is 0 Å². The number of likely N-dealkylation sites (N-methyl/N-ethyl adjacent to an activating group) is 1. The minimum Gasteiger partial charge on any atom is -0.497 e. The van der Waals surface area contributed by atoms with Crippen molar-refractivity contribution >= 4 is 17.5 Å². The quantitative estimate of drug-likeness (QED) is 0.585. The van der Waals surface area contributed by atoms with Gasteiger partial charge in [0.2, 0.25) is 0 Å². The number of benzene rings is 1. The van der Waals surface area contributed by atoms with E-state index in [1.807, 2.05) is 19.0 Å². The average Bonchev–Trinajstić information content (AvgIpc) is 2.44. The number of nitro benzene ring substituents is 1. The van der Waals surface area contributed by atoms with Crippen LogP contribution in [0.3, 0.4) is 0 Å². The Kier molecular flexibility index (Phi) is 6.53. The number of carbonyl (C=O) groups excluding carboxylic acids is 1. The largest absolute Gasteiger partial charge is 0.497 e. The molecule has 0 N–H and O–H groups in total. The summed E-state index contributed by atoms with van der Waals surface area (Å²) in [4.78, 5) is 26.5. The van der Waals surface area contributed by atoms with Crippen LogP contribution in [0.4, 0.5) is 16.2 Å². The highest BCUT2D eigenvalue weighted by atomic mass is 16.6. The van der Waals surface area contributed by atoms with E-state index in [1.54, 1.807) is 20.8 Å². The number of methoxy groups -OCH3 is 1. The Bertz CT molecular complexity index is 596. The van der Waals surface area contributed by atoms with Gasteiger partial charge in [-0.25, -0.2) is 4.79 Å². The molecule has 0 saturated carbocycles. The number of hydrogen-bond acceptors (Lipinski definition) is 6. The average molecular weight is 339 g/mol. The van der Waals surface area contributed by atoms with E-state index < -0.39 is 16.6 Å². The number of carbonyl (C=O) groups is 1. The van der Waals surface area contributed by atoms with Crippen molar-refractivity contribution in [2.24, 2.45) is 0 Å². The Balaban J connectivity index is 3.31. The smallest absolute Gasteiger partial charge is 0.415 e. The van der Waals surface area contributed by atoms with E-state index in [9.17, 15) is 14.9 Å². The van der Waals surface area contributed by atoms with Gasteiger partial charge in [0.1, 0.15) is 17.0 Å². The Morgan fingerprint density at radius 2 is 1.88 bits per heavy atom. The molecular weight excluding hydrogens is 314 g/mol. The fourth-order valence-electron chi connectivity index (χ4n) is 1.93. The summed E-state index contributed by atoms with van der Waals surface area (Å²) in [5.74, 6) is 0.425. The Morgan fingerprint density at radius 3 is 2.33 bits per heavy atom. The molecule has 0 aliphatic heterocycles. The zero-order valence-electron chi connectivity index (χ0n) is 15.0. The highest BCUT2D eigenvalue weighted by molar-refractivity contribution is 5.91. The van der Waals surface area contributed by atoms with Crippen LogP contribution < -0.4 is 9.64 Å². The minimum absolute atomic E-state index is 0.149. The Hall–Kier alpha value is -2.35. The molecule has 0 bridgehead atoms. The molecule has 0 atom stereocenters. The van der Waals surface area contributed by atoms with Gasteiger partial charge in [0.05, 0.1) is 12.0 Å². The van der Waals surface area contributed by atoms with Gasteiger partial charge in [-0.3, -0.25) is 15.0 Å². The van der Waals surface area contributed by atoms with Crippen LogP contribution in [0.25, 0.3) is 0 Å². The summed E-state index contributed by atoms with van der Waals surface area (Å²) in [5, 5.41) is 11.3. The molecule has 134 valence electrons. The lowest BCUT2D eigenvalue weighted by atomic mass is 10.2. The van der Waals surface area contributed by atoms with Crippen molar-refractivity contribution < 1.29 is 19.2 Å². The SMILES string of the molecule is COc1ccc([N+](=O)[O-])c(N(CCN(C)C)C(=O)OC(C)(C)C)c1. The van der Waals surface area contributed by atoms with Crippen LogP contribution in [-0.2, 0) is 4.74 Å². The molecule has 8 nitrogen and oxygen atoms in total. The third-order valence-electron chi connectivity index (χ3n) is 3.05. The van der Waals surface area contributed by atoms with Crippen LogP contribution in [0.1, 0.15) is 20.8 Å². The lowest BCUT2D eigenvalue weighted by molar-refractivity contribution is -0.384. The van der Waals surface area contributed by atoms with Gasteiger partial charge in [0, 0.05) is 25.2 Å². The van der Waals surface area contributed by atoms with Gasteiger partial charge >= 0.3 is 6.09 Å². The molecule has 1 aromatic rings. The maximum Gasteiger partial charge on any atom is 0.415 e. The zero-order chi connectivity index (χ0) is 18.5. The van der Waals surface area contributed by atoms with Gasteiger partial charge in [-0.1, -0.05) is 0 Å². The second-order valence-electron chi connectivity index (χ2n) is 6.55. The summed E-state index contributed by atoms with van der Waals surface area (Å²) in [6.07, 6.45) is -0.638. The standard InChI is InChI=1S/C16H25N3O5/c1-16(2,3)24-15(20)18(10-9-17(4)5)14-11-12(23-6)7-8-13(14)19(21)22/h7-8,11H,9-10H2,1-6H3. The molecule has 0 heterocycles. The number of amides is 1. The maximum absolute atomic E-state index is 12.6. The number of ether oxygens (including phenoxy) is 2. The van der Waals surface area contributed by atoms with Gasteiger partial charge in [-0.15, -0.1) is 0 Å². The second kappa shape index (κ2) is 7.96. The molecule has 24 heavy (non-hydrogen) atoms. The number of nitrogens with zero attached hydrogens (tertiary/aromatic N) is 3. The van der Waals surface area contributed by atoms with E-state index in [0.29, 0.717) is 12.3 Å². The topological polar surface area (TPSA) is 85.2 Å². The third kappa shape index (κ3) is 5.69. The number of anilines is 1. The summed E-state index contributed by atoms with van der Waals surface area (Å²) in [5.41, 5.74) is -0.739. The van der Waals surface area contributed by atoms with E-state index in [1.165, 1.54) is 30.2 Å². The van der Waals surface area contributed by atoms with Crippen LogP contribution in [0.5, 0.6) is 5.75 Å². The minimum atomic E-state index is -0.707. The van der Waals surface area contributed by atoms with Crippen molar-refractivity contribution in [3.05, 3.63) is 28.3 Å². The monoisotopic (exact) mass is 339 g/mol. The summed E-state index contributed by atoms with van der Waals surface area (Å²) in [6.45, 7) is 6.00. The van der Waals surface area contributed by atoms with E-state index in [0.717, 1.165) is 0 Å². The van der Waals surface area contributed by atoms with Crippen molar-refractivity contribution in [3.8, 4) is 5.75 Å². The van der Waals surface area contributed by atoms with E-state index in [4.69, 9.17) is 9.47 Å². The van der Waals surface area contributed by atoms with Gasteiger partial charge in [0.15, 0.2) is 0 Å². The molecule has 0 aliphatic rings. The Labute approximate surface area is 142 Å². The predicted octanol–water partition coefficient (Wildman–Crippen LogP) is 2.91. The fraction of sp³-hybridized carbons (Fsp3) is 0.562. The first-order valence-electron chi connectivity index (χ1n) is 7.53. The first kappa shape index (κ1) is 19.7. The number of nitro groups is 1. The molecular formula is C16H25N3O5. The maximum atomic E-state index is 12.6. The van der Waals surface area contributed by atoms with Crippen molar-refractivity contribution in [2.45, 2.75) is 26.4 Å². The van der Waals surface area contributed by atoms with Crippen LogP contribution in [0.15, 0.2) is 18.2 Å². The van der Waals surface area contributed by atoms with Crippen LogP contribution in [-0.4, -0.2) is 55.8 Å². The van der Waals surface area contributed by atoms with Crippen molar-refractivity contribution in [2.75, 3.05) is 39.2 Å². The zero-order valence-corrected chi connectivity index (χ0v) is 15.0. The van der Waals surface area contributed by atoms with Crippen molar-refractivity contribution in [1.29, 1.82) is 0 Å². The fourth-order valence-corrected chi connectivity index (χ4v) is 1.93. The molecule has 0 fully saturated rings. The van der Waals surface area contributed by atoms with Crippen LogP contribution in [0, 0.1) is 10.1 Å². The molecule has 8 heteroatoms. The molecule has 0 saturated heterocycles. The number of rotatable bonds is 6. The lowest BCUT2D eigenvalue weighted by Crippen LogP contribution is -2.40. The van der Waals surface area contributed by atoms with Gasteiger partial charge < -0.3 is 14.4 Å². The molecule has 0 aliphatic carbocycles. The summed E-state index contributed by atoms with van der Waals surface area (Å²) in [6, 6.07) is 4.28. The lowest BCUT2D eigenvalue weighted by Gasteiger charge is -2.28. The van der Waals surface area contributed by atoms with E-state index >= 15 is 0 Å². The third-order valence-corrected chi connectivity index (χ3v) is 3.05. The van der Waals surface area contributed by atoms with E-state index in [2.05, 4.69) is 0 Å². The molecule has 1 aromatic carbocycles. The summed E-state index contributed by atoms with van der Waals surface area (Å²) < 4.78 is 10.5. The molecule has 0 aromatic heterocycles. The molecule has 1 amide bonds. The van der Waals surface area contributed by atoms with Crippen LogP contribution >= 0.6 is 0 Å². The molecule has 0 unspecified atom stereocenters. The first-order chi connectivity index (χ1) is 11.0. The highest BCUT2D eigenvalue weighted by Gasteiger charge is 2.29. The van der Waals surface area contributed by atoms with E-state index in [-0.39, 0.29) is 17.9 Å². The molecule has 0 spiro atoms. The summed E-state index contributed by atoms with van der Waals surface area (Å²) in [7, 11) is 5.17. The summed E-state index contributed by atoms with van der Waals surface area (Å²) >= 11 is 0. The van der Waals surface area contributed by atoms with Crippen molar-refractivity contribution in [1.82, 2.24) is 4.90 Å². The number of hydrogen-bond donors (Lipinski definition) is 0. The normalized spacial score (nSPS) is 11.3. The second-order valence-corrected chi connectivity index (χ2v) is 6.55. The van der Waals surface area contributed by atoms with Gasteiger partial charge in [0.25, 0.3) is 5.69 Å².